The minimum absolute atomic E-state index is 0.438. The summed E-state index contributed by atoms with van der Waals surface area (Å²) in [5.74, 6) is 1.74. The summed E-state index contributed by atoms with van der Waals surface area (Å²) in [5.41, 5.74) is 2.99. The number of piperidine rings is 1. The van der Waals surface area contributed by atoms with E-state index < -0.39 is 0 Å². The molecule has 0 unspecified atom stereocenters. The molecule has 0 spiro atoms. The van der Waals surface area contributed by atoms with Crippen LogP contribution in [0.2, 0.25) is 0 Å². The molecule has 0 saturated carbocycles. The zero-order chi connectivity index (χ0) is 20.8. The van der Waals surface area contributed by atoms with Crippen molar-refractivity contribution in [3.63, 3.8) is 0 Å². The number of ether oxygens (including phenoxy) is 2. The molecule has 3 heterocycles. The molecule has 6 nitrogen and oxygen atoms in total. The molecule has 30 heavy (non-hydrogen) atoms. The van der Waals surface area contributed by atoms with Crippen molar-refractivity contribution in [1.82, 2.24) is 19.4 Å². The van der Waals surface area contributed by atoms with Crippen molar-refractivity contribution in [2.45, 2.75) is 32.3 Å². The first-order valence-corrected chi connectivity index (χ1v) is 10.7. The van der Waals surface area contributed by atoms with Crippen molar-refractivity contribution in [2.75, 3.05) is 33.4 Å². The fourth-order valence-electron chi connectivity index (χ4n) is 3.98. The van der Waals surface area contributed by atoms with Gasteiger partial charge in [0.1, 0.15) is 11.4 Å². The molecule has 1 aliphatic rings. The number of nitrogens with zero attached hydrogens (tertiary/aromatic N) is 4. The van der Waals surface area contributed by atoms with E-state index in [0.29, 0.717) is 6.10 Å². The summed E-state index contributed by atoms with van der Waals surface area (Å²) in [6, 6.07) is 14.1. The van der Waals surface area contributed by atoms with Crippen molar-refractivity contribution in [3.8, 4) is 23.0 Å². The fourth-order valence-corrected chi connectivity index (χ4v) is 3.98. The first kappa shape index (κ1) is 20.6. The van der Waals surface area contributed by atoms with Crippen LogP contribution in [0.25, 0.3) is 17.2 Å². The topological polar surface area (TPSA) is 52.4 Å². The van der Waals surface area contributed by atoms with Gasteiger partial charge in [0.05, 0.1) is 12.7 Å². The lowest BCUT2D eigenvalue weighted by molar-refractivity contribution is 0.0398. The van der Waals surface area contributed by atoms with Gasteiger partial charge in [0, 0.05) is 50.5 Å². The molecule has 0 amide bonds. The smallest absolute Gasteiger partial charge is 0.163 e. The number of likely N-dealkylation sites (tertiary alicyclic amines) is 1. The van der Waals surface area contributed by atoms with Gasteiger partial charge in [-0.25, -0.2) is 4.98 Å². The Morgan fingerprint density at radius 3 is 2.53 bits per heavy atom. The third-order valence-electron chi connectivity index (χ3n) is 5.68. The Balaban J connectivity index is 1.32. The molecule has 1 fully saturated rings. The molecule has 1 aromatic carbocycles. The lowest BCUT2D eigenvalue weighted by atomic mass is 10.1. The van der Waals surface area contributed by atoms with Gasteiger partial charge in [-0.3, -0.25) is 9.55 Å². The lowest BCUT2D eigenvalue weighted by Crippen LogP contribution is -2.37. The van der Waals surface area contributed by atoms with E-state index in [9.17, 15) is 0 Å². The maximum atomic E-state index is 5.97. The van der Waals surface area contributed by atoms with Crippen LogP contribution in [-0.4, -0.2) is 58.9 Å². The Bertz CT molecular complexity index is 916. The summed E-state index contributed by atoms with van der Waals surface area (Å²) in [6.07, 6.45) is 7.40. The lowest BCUT2D eigenvalue weighted by Gasteiger charge is -2.31. The molecule has 0 atom stereocenters. The zero-order valence-electron chi connectivity index (χ0n) is 17.8. The number of benzene rings is 1. The SMILES string of the molecule is COC1CCN(CCCOc2ccc(-n3c(C)cnc3-c3ccccn3)cc2)CC1. The molecule has 6 heteroatoms. The highest BCUT2D eigenvalue weighted by atomic mass is 16.5. The Labute approximate surface area is 178 Å². The number of rotatable bonds is 8. The predicted molar refractivity (Wildman–Crippen MR) is 118 cm³/mol. The molecule has 3 aromatic rings. The normalized spacial score (nSPS) is 15.4. The number of imidazole rings is 1. The van der Waals surface area contributed by atoms with E-state index in [4.69, 9.17) is 9.47 Å². The van der Waals surface area contributed by atoms with Crippen LogP contribution >= 0.6 is 0 Å². The van der Waals surface area contributed by atoms with Crippen LogP contribution in [-0.2, 0) is 4.74 Å². The Hall–Kier alpha value is -2.70. The fraction of sp³-hybridized carbons (Fsp3) is 0.417. The average Bonchev–Trinajstić information content (AvgIpc) is 3.19. The summed E-state index contributed by atoms with van der Waals surface area (Å²) in [7, 11) is 1.81. The second-order valence-corrected chi connectivity index (χ2v) is 7.75. The van der Waals surface area contributed by atoms with E-state index in [1.54, 1.807) is 6.20 Å². The number of hydrogen-bond acceptors (Lipinski definition) is 5. The molecule has 4 rings (SSSR count). The molecule has 0 N–H and O–H groups in total. The van der Waals surface area contributed by atoms with Crippen molar-refractivity contribution >= 4 is 0 Å². The summed E-state index contributed by atoms with van der Waals surface area (Å²) in [6.45, 7) is 6.11. The largest absolute Gasteiger partial charge is 0.494 e. The van der Waals surface area contributed by atoms with Crippen LogP contribution in [0.4, 0.5) is 0 Å². The third kappa shape index (κ3) is 4.89. The minimum atomic E-state index is 0.438. The molecule has 158 valence electrons. The van der Waals surface area contributed by atoms with Gasteiger partial charge in [0.2, 0.25) is 0 Å². The molecule has 0 radical (unpaired) electrons. The maximum Gasteiger partial charge on any atom is 0.163 e. The third-order valence-corrected chi connectivity index (χ3v) is 5.68. The molecule has 1 aliphatic heterocycles. The molecule has 0 bridgehead atoms. The Kier molecular flexibility index (Phi) is 6.77. The second kappa shape index (κ2) is 9.87. The minimum Gasteiger partial charge on any atom is -0.494 e. The van der Waals surface area contributed by atoms with E-state index in [2.05, 4.69) is 38.5 Å². The standard InChI is InChI=1S/C24H30N4O2/c1-19-18-26-24(23-6-3-4-13-25-23)28(19)20-7-9-22(10-8-20)30-17-5-14-27-15-11-21(29-2)12-16-27/h3-4,6-10,13,18,21H,5,11-12,14-17H2,1-2H3. The van der Waals surface area contributed by atoms with Gasteiger partial charge in [-0.05, 0) is 62.6 Å². The van der Waals surface area contributed by atoms with Crippen molar-refractivity contribution in [3.05, 3.63) is 60.6 Å². The van der Waals surface area contributed by atoms with Crippen LogP contribution in [0.15, 0.2) is 54.9 Å². The van der Waals surface area contributed by atoms with E-state index >= 15 is 0 Å². The summed E-state index contributed by atoms with van der Waals surface area (Å²) >= 11 is 0. The highest BCUT2D eigenvalue weighted by molar-refractivity contribution is 5.55. The van der Waals surface area contributed by atoms with E-state index in [0.717, 1.165) is 74.2 Å². The Morgan fingerprint density at radius 1 is 1.03 bits per heavy atom. The van der Waals surface area contributed by atoms with Gasteiger partial charge < -0.3 is 14.4 Å². The first-order valence-electron chi connectivity index (χ1n) is 10.7. The van der Waals surface area contributed by atoms with E-state index in [-0.39, 0.29) is 0 Å². The van der Waals surface area contributed by atoms with Crippen molar-refractivity contribution < 1.29 is 9.47 Å². The van der Waals surface area contributed by atoms with Gasteiger partial charge in [0.15, 0.2) is 5.82 Å². The number of methoxy groups -OCH3 is 1. The van der Waals surface area contributed by atoms with Gasteiger partial charge in [-0.2, -0.15) is 0 Å². The van der Waals surface area contributed by atoms with Crippen molar-refractivity contribution in [1.29, 1.82) is 0 Å². The Morgan fingerprint density at radius 2 is 1.83 bits per heavy atom. The maximum absolute atomic E-state index is 5.97. The monoisotopic (exact) mass is 406 g/mol. The van der Waals surface area contributed by atoms with E-state index in [1.807, 2.05) is 43.6 Å². The second-order valence-electron chi connectivity index (χ2n) is 7.75. The van der Waals surface area contributed by atoms with Crippen molar-refractivity contribution in [2.24, 2.45) is 0 Å². The number of pyridine rings is 1. The molecule has 1 saturated heterocycles. The number of aryl methyl sites for hydroxylation is 1. The summed E-state index contributed by atoms with van der Waals surface area (Å²) in [4.78, 5) is 11.5. The van der Waals surface area contributed by atoms with Crippen LogP contribution in [0.5, 0.6) is 5.75 Å². The zero-order valence-corrected chi connectivity index (χ0v) is 17.8. The number of hydrogen-bond donors (Lipinski definition) is 0. The highest BCUT2D eigenvalue weighted by Gasteiger charge is 2.18. The molecular weight excluding hydrogens is 376 g/mol. The van der Waals surface area contributed by atoms with Crippen LogP contribution in [0.3, 0.4) is 0 Å². The predicted octanol–water partition coefficient (Wildman–Crippen LogP) is 4.12. The average molecular weight is 407 g/mol. The van der Waals surface area contributed by atoms with Gasteiger partial charge in [-0.15, -0.1) is 0 Å². The van der Waals surface area contributed by atoms with E-state index in [1.165, 1.54) is 0 Å². The summed E-state index contributed by atoms with van der Waals surface area (Å²) in [5, 5.41) is 0. The van der Waals surface area contributed by atoms with Crippen LogP contribution in [0.1, 0.15) is 25.0 Å². The first-order chi connectivity index (χ1) is 14.7. The van der Waals surface area contributed by atoms with Gasteiger partial charge >= 0.3 is 0 Å². The highest BCUT2D eigenvalue weighted by Crippen LogP contribution is 2.24. The van der Waals surface area contributed by atoms with Crippen LogP contribution < -0.4 is 4.74 Å². The van der Waals surface area contributed by atoms with Gasteiger partial charge in [0.25, 0.3) is 0 Å². The number of aromatic nitrogens is 3. The van der Waals surface area contributed by atoms with Gasteiger partial charge in [-0.1, -0.05) is 6.07 Å². The molecular formula is C24H30N4O2. The quantitative estimate of drug-likeness (QED) is 0.527. The molecule has 2 aromatic heterocycles. The van der Waals surface area contributed by atoms with Crippen LogP contribution in [0, 0.1) is 6.92 Å². The molecule has 0 aliphatic carbocycles. The summed E-state index contributed by atoms with van der Waals surface area (Å²) < 4.78 is 13.5.